The Kier molecular flexibility index (Phi) is 3.62. The van der Waals surface area contributed by atoms with Crippen LogP contribution in [-0.4, -0.2) is 25.0 Å². The number of amides is 1. The van der Waals surface area contributed by atoms with Gasteiger partial charge in [-0.1, -0.05) is 12.1 Å². The number of pyridine rings is 1. The monoisotopic (exact) mass is 335 g/mol. The van der Waals surface area contributed by atoms with Gasteiger partial charge in [-0.05, 0) is 24.3 Å². The SMILES string of the molecule is O=C(Cn1c(=O)oc2ccccc21)Nc1ccc(-n2ccnc2)nc1. The van der Waals surface area contributed by atoms with Crippen LogP contribution in [0.15, 0.2) is 70.5 Å². The first-order valence-corrected chi connectivity index (χ1v) is 7.53. The van der Waals surface area contributed by atoms with Crippen LogP contribution in [0.2, 0.25) is 0 Å². The van der Waals surface area contributed by atoms with Gasteiger partial charge in [-0.25, -0.2) is 14.8 Å². The van der Waals surface area contributed by atoms with Gasteiger partial charge in [0.1, 0.15) is 18.7 Å². The first kappa shape index (κ1) is 14.9. The zero-order valence-corrected chi connectivity index (χ0v) is 13.0. The summed E-state index contributed by atoms with van der Waals surface area (Å²) in [6, 6.07) is 10.5. The highest BCUT2D eigenvalue weighted by Crippen LogP contribution is 2.13. The van der Waals surface area contributed by atoms with E-state index in [2.05, 4.69) is 15.3 Å². The quantitative estimate of drug-likeness (QED) is 0.614. The Morgan fingerprint density at radius 1 is 1.20 bits per heavy atom. The zero-order chi connectivity index (χ0) is 17.2. The molecule has 0 aliphatic heterocycles. The topological polar surface area (TPSA) is 94.9 Å². The number of rotatable bonds is 4. The van der Waals surface area contributed by atoms with Crippen LogP contribution in [0.3, 0.4) is 0 Å². The Hall–Kier alpha value is -3.68. The average molecular weight is 335 g/mol. The van der Waals surface area contributed by atoms with E-state index < -0.39 is 5.76 Å². The molecule has 0 unspecified atom stereocenters. The molecule has 8 nitrogen and oxygen atoms in total. The summed E-state index contributed by atoms with van der Waals surface area (Å²) in [6.45, 7) is -0.140. The van der Waals surface area contributed by atoms with Crippen molar-refractivity contribution in [3.8, 4) is 5.82 Å². The summed E-state index contributed by atoms with van der Waals surface area (Å²) in [5, 5.41) is 2.72. The van der Waals surface area contributed by atoms with Crippen molar-refractivity contribution in [3.05, 3.63) is 71.9 Å². The standard InChI is InChI=1S/C17H13N5O3/c23-16(10-22-13-3-1-2-4-14(13)25-17(22)24)20-12-5-6-15(19-9-12)21-8-7-18-11-21/h1-9,11H,10H2,(H,20,23). The lowest BCUT2D eigenvalue weighted by molar-refractivity contribution is -0.116. The number of benzene rings is 1. The van der Waals surface area contributed by atoms with Gasteiger partial charge in [0.2, 0.25) is 5.91 Å². The molecular weight excluding hydrogens is 322 g/mol. The van der Waals surface area contributed by atoms with Gasteiger partial charge in [-0.2, -0.15) is 0 Å². The summed E-state index contributed by atoms with van der Waals surface area (Å²) >= 11 is 0. The number of fused-ring (bicyclic) bond motifs is 1. The number of oxazole rings is 1. The number of hydrogen-bond acceptors (Lipinski definition) is 5. The lowest BCUT2D eigenvalue weighted by Crippen LogP contribution is -2.24. The number of anilines is 1. The third kappa shape index (κ3) is 2.92. The van der Waals surface area contributed by atoms with Gasteiger partial charge in [0.15, 0.2) is 5.58 Å². The zero-order valence-electron chi connectivity index (χ0n) is 13.0. The molecule has 0 saturated carbocycles. The summed E-state index contributed by atoms with van der Waals surface area (Å²) in [7, 11) is 0. The van der Waals surface area contributed by atoms with E-state index in [4.69, 9.17) is 4.42 Å². The van der Waals surface area contributed by atoms with Crippen molar-refractivity contribution in [1.29, 1.82) is 0 Å². The molecule has 0 radical (unpaired) electrons. The Balaban J connectivity index is 1.50. The Labute approximate surface area is 141 Å². The Morgan fingerprint density at radius 2 is 2.08 bits per heavy atom. The highest BCUT2D eigenvalue weighted by atomic mass is 16.4. The molecule has 1 aromatic carbocycles. The normalized spacial score (nSPS) is 10.9. The van der Waals surface area contributed by atoms with Crippen molar-refractivity contribution in [2.45, 2.75) is 6.54 Å². The van der Waals surface area contributed by atoms with E-state index in [1.807, 2.05) is 0 Å². The number of aromatic nitrogens is 4. The second-order valence-electron chi connectivity index (χ2n) is 5.35. The molecule has 3 heterocycles. The van der Waals surface area contributed by atoms with Crippen molar-refractivity contribution >= 4 is 22.7 Å². The minimum Gasteiger partial charge on any atom is -0.408 e. The Morgan fingerprint density at radius 3 is 2.84 bits per heavy atom. The van der Waals surface area contributed by atoms with Crippen LogP contribution >= 0.6 is 0 Å². The summed E-state index contributed by atoms with van der Waals surface area (Å²) < 4.78 is 8.16. The van der Waals surface area contributed by atoms with Gasteiger partial charge >= 0.3 is 5.76 Å². The maximum atomic E-state index is 12.2. The molecule has 0 aliphatic carbocycles. The second-order valence-corrected chi connectivity index (χ2v) is 5.35. The Bertz CT molecular complexity index is 1080. The van der Waals surface area contributed by atoms with E-state index in [1.165, 1.54) is 4.57 Å². The van der Waals surface area contributed by atoms with Gasteiger partial charge in [-0.15, -0.1) is 0 Å². The van der Waals surface area contributed by atoms with Crippen LogP contribution in [0.25, 0.3) is 16.9 Å². The first-order chi connectivity index (χ1) is 12.2. The smallest absolute Gasteiger partial charge is 0.408 e. The summed E-state index contributed by atoms with van der Waals surface area (Å²) in [5.41, 5.74) is 1.57. The van der Waals surface area contributed by atoms with E-state index in [-0.39, 0.29) is 12.5 Å². The number of carbonyl (C=O) groups excluding carboxylic acids is 1. The number of hydrogen-bond donors (Lipinski definition) is 1. The number of nitrogens with one attached hydrogen (secondary N) is 1. The molecule has 1 N–H and O–H groups in total. The minimum absolute atomic E-state index is 0.140. The third-order valence-corrected chi connectivity index (χ3v) is 3.68. The maximum Gasteiger partial charge on any atom is 0.420 e. The molecule has 4 rings (SSSR count). The van der Waals surface area contributed by atoms with E-state index in [1.54, 1.807) is 65.9 Å². The number of para-hydroxylation sites is 2. The van der Waals surface area contributed by atoms with Crippen LogP contribution in [0, 0.1) is 0 Å². The largest absolute Gasteiger partial charge is 0.420 e. The maximum absolute atomic E-state index is 12.2. The van der Waals surface area contributed by atoms with Crippen LogP contribution in [-0.2, 0) is 11.3 Å². The molecule has 0 aliphatic rings. The van der Waals surface area contributed by atoms with Gasteiger partial charge < -0.3 is 9.73 Å². The lowest BCUT2D eigenvalue weighted by Gasteiger charge is -2.07. The van der Waals surface area contributed by atoms with Gasteiger partial charge in [0.05, 0.1) is 17.4 Å². The molecule has 1 amide bonds. The molecule has 25 heavy (non-hydrogen) atoms. The van der Waals surface area contributed by atoms with Crippen molar-refractivity contribution in [1.82, 2.24) is 19.1 Å². The van der Waals surface area contributed by atoms with E-state index >= 15 is 0 Å². The fourth-order valence-corrected chi connectivity index (χ4v) is 2.52. The molecule has 0 spiro atoms. The van der Waals surface area contributed by atoms with Gasteiger partial charge in [0.25, 0.3) is 0 Å². The van der Waals surface area contributed by atoms with Crippen LogP contribution in [0.1, 0.15) is 0 Å². The molecule has 8 heteroatoms. The van der Waals surface area contributed by atoms with Crippen molar-refractivity contribution in [3.63, 3.8) is 0 Å². The fourth-order valence-electron chi connectivity index (χ4n) is 2.52. The highest BCUT2D eigenvalue weighted by molar-refractivity contribution is 5.91. The lowest BCUT2D eigenvalue weighted by atomic mass is 10.3. The van der Waals surface area contributed by atoms with Crippen molar-refractivity contribution in [2.75, 3.05) is 5.32 Å². The number of carbonyl (C=O) groups is 1. The van der Waals surface area contributed by atoms with Gasteiger partial charge in [-0.3, -0.25) is 13.9 Å². The molecule has 3 aromatic heterocycles. The van der Waals surface area contributed by atoms with Crippen LogP contribution in [0.5, 0.6) is 0 Å². The van der Waals surface area contributed by atoms with Crippen LogP contribution < -0.4 is 11.1 Å². The fraction of sp³-hybridized carbons (Fsp3) is 0.0588. The van der Waals surface area contributed by atoms with E-state index in [0.717, 1.165) is 0 Å². The summed E-state index contributed by atoms with van der Waals surface area (Å²) in [6.07, 6.45) is 6.61. The third-order valence-electron chi connectivity index (χ3n) is 3.68. The number of imidazole rings is 1. The predicted octanol–water partition coefficient (Wildman–Crippen LogP) is 1.81. The van der Waals surface area contributed by atoms with E-state index in [9.17, 15) is 9.59 Å². The molecule has 4 aromatic rings. The molecule has 0 bridgehead atoms. The second kappa shape index (κ2) is 6.08. The first-order valence-electron chi connectivity index (χ1n) is 7.53. The molecule has 124 valence electrons. The van der Waals surface area contributed by atoms with E-state index in [0.29, 0.717) is 22.6 Å². The minimum atomic E-state index is -0.565. The molecular formula is C17H13N5O3. The highest BCUT2D eigenvalue weighted by Gasteiger charge is 2.12. The molecule has 0 atom stereocenters. The summed E-state index contributed by atoms with van der Waals surface area (Å²) in [5.74, 6) is -0.219. The van der Waals surface area contributed by atoms with Crippen molar-refractivity contribution < 1.29 is 9.21 Å². The van der Waals surface area contributed by atoms with Crippen molar-refractivity contribution in [2.24, 2.45) is 0 Å². The molecule has 0 saturated heterocycles. The van der Waals surface area contributed by atoms with Crippen LogP contribution in [0.4, 0.5) is 5.69 Å². The summed E-state index contributed by atoms with van der Waals surface area (Å²) in [4.78, 5) is 32.3. The average Bonchev–Trinajstić information content (AvgIpc) is 3.25. The predicted molar refractivity (Wildman–Crippen MR) is 90.5 cm³/mol. The van der Waals surface area contributed by atoms with Gasteiger partial charge in [0, 0.05) is 12.4 Å². The number of nitrogens with zero attached hydrogens (tertiary/aromatic N) is 4. The molecule has 0 fully saturated rings.